The molecule has 0 amide bonds. The Bertz CT molecular complexity index is 820. The molecule has 2 aromatic carbocycles. The molecule has 0 heterocycles. The van der Waals surface area contributed by atoms with Gasteiger partial charge < -0.3 is 5.32 Å². The van der Waals surface area contributed by atoms with E-state index in [2.05, 4.69) is 63.4 Å². The Kier molecular flexibility index (Phi) is 4.77. The number of nitrogens with one attached hydrogen (secondary N) is 4. The van der Waals surface area contributed by atoms with Gasteiger partial charge in [0.1, 0.15) is 13.8 Å². The lowest BCUT2D eigenvalue weighted by molar-refractivity contribution is -0.417. The van der Waals surface area contributed by atoms with Gasteiger partial charge in [0, 0.05) is 59.9 Å². The molecule has 0 aliphatic heterocycles. The molecule has 0 bridgehead atoms. The normalized spacial score (nSPS) is 12.9. The Morgan fingerprint density at radius 2 is 1.21 bits per heavy atom. The van der Waals surface area contributed by atoms with Crippen molar-refractivity contribution >= 4 is 40.9 Å². The van der Waals surface area contributed by atoms with Crippen LogP contribution in [0.3, 0.4) is 0 Å². The molecule has 4 heteroatoms. The lowest BCUT2D eigenvalue weighted by Crippen LogP contribution is -2.68. The van der Waals surface area contributed by atoms with E-state index in [0.29, 0.717) is 0 Å². The largest absolute Gasteiger partial charge is 0.356 e. The summed E-state index contributed by atoms with van der Waals surface area (Å²) in [6.45, 7) is 3.64. The van der Waals surface area contributed by atoms with E-state index in [9.17, 15) is 0 Å². The third kappa shape index (κ3) is 3.93. The molecule has 1 aliphatic rings. The maximum absolute atomic E-state index is 3.64. The van der Waals surface area contributed by atoms with Crippen LogP contribution in [0.5, 0.6) is 0 Å². The molecule has 0 radical (unpaired) electrons. The molecule has 4 nitrogen and oxygen atoms in total. The van der Waals surface area contributed by atoms with Crippen molar-refractivity contribution in [2.75, 3.05) is 12.4 Å². The molecule has 118 valence electrons. The van der Waals surface area contributed by atoms with E-state index in [1.54, 1.807) is 0 Å². The van der Waals surface area contributed by atoms with E-state index in [1.165, 1.54) is 0 Å². The molecule has 0 aromatic heterocycles. The molecule has 0 unspecified atom stereocenters. The van der Waals surface area contributed by atoms with Crippen LogP contribution < -0.4 is 20.3 Å². The van der Waals surface area contributed by atoms with Gasteiger partial charge in [0.2, 0.25) is 17.1 Å². The fourth-order valence-corrected chi connectivity index (χ4v) is 2.36. The summed E-state index contributed by atoms with van der Waals surface area (Å²) in [5.41, 5.74) is 6.28. The van der Waals surface area contributed by atoms with Crippen LogP contribution in [-0.4, -0.2) is 25.2 Å². The topological polar surface area (TPSA) is 53.9 Å². The summed E-state index contributed by atoms with van der Waals surface area (Å²) in [4.78, 5) is 9.37. The Morgan fingerprint density at radius 3 is 1.71 bits per heavy atom. The zero-order valence-electron chi connectivity index (χ0n) is 13.6. The molecule has 0 spiro atoms. The van der Waals surface area contributed by atoms with Crippen LogP contribution in [0.15, 0.2) is 72.8 Å². The second-order valence-electron chi connectivity index (χ2n) is 5.41. The first kappa shape index (κ1) is 15.6. The predicted octanol–water partition coefficient (Wildman–Crippen LogP) is -0.727. The lowest BCUT2D eigenvalue weighted by Gasteiger charge is -2.05. The first-order chi connectivity index (χ1) is 11.8. The summed E-state index contributed by atoms with van der Waals surface area (Å²) >= 11 is 0. The minimum Gasteiger partial charge on any atom is -0.356 e. The molecule has 3 rings (SSSR count). The van der Waals surface area contributed by atoms with Gasteiger partial charge in [0.25, 0.3) is 0 Å². The smallest absolute Gasteiger partial charge is 0.204 e. The third-order valence-corrected chi connectivity index (χ3v) is 3.72. The Hall–Kier alpha value is -3.27. The Balaban J connectivity index is 1.69. The first-order valence-electron chi connectivity index (χ1n) is 7.82. The van der Waals surface area contributed by atoms with Crippen molar-refractivity contribution in [2.24, 2.45) is 0 Å². The highest BCUT2D eigenvalue weighted by atomic mass is 14.9. The van der Waals surface area contributed by atoms with Gasteiger partial charge in [-0.05, 0) is 24.3 Å². The van der Waals surface area contributed by atoms with Crippen LogP contribution in [-0.2, 0) is 0 Å². The standard InChI is InChI=1S/C20H18N4/c1-21-15-3-7-17(8-4-15)23-19-11-13-20(14-12-19)24-18-9-5-16(22-2)6-10-18/h3-14,23H,1H2,2H3/p+3. The molecular formula is C20H21N4+3. The van der Waals surface area contributed by atoms with Gasteiger partial charge in [0.05, 0.1) is 0 Å². The maximum Gasteiger partial charge on any atom is 0.204 e. The SMILES string of the molecule is C=[NH+]c1ccc(Nc2ccc([NH+]=C3C=CC(=[NH+]C)C=C3)cc2)cc1. The number of hydrogen-bond acceptors (Lipinski definition) is 1. The van der Waals surface area contributed by atoms with Crippen molar-refractivity contribution < 1.29 is 15.0 Å². The van der Waals surface area contributed by atoms with Crippen LogP contribution in [0, 0.1) is 0 Å². The molecule has 0 saturated heterocycles. The highest BCUT2D eigenvalue weighted by molar-refractivity contribution is 6.14. The molecule has 1 aliphatic carbocycles. The summed E-state index contributed by atoms with van der Waals surface area (Å²) in [5, 5.41) is 3.38. The molecule has 0 atom stereocenters. The molecule has 0 fully saturated rings. The van der Waals surface area contributed by atoms with E-state index in [0.717, 1.165) is 34.2 Å². The highest BCUT2D eigenvalue weighted by Gasteiger charge is 2.07. The Labute approximate surface area is 141 Å². The molecule has 0 saturated carbocycles. The van der Waals surface area contributed by atoms with Crippen molar-refractivity contribution in [1.82, 2.24) is 0 Å². The number of rotatable bonds is 4. The van der Waals surface area contributed by atoms with E-state index in [1.807, 2.05) is 43.5 Å². The predicted molar refractivity (Wildman–Crippen MR) is 99.7 cm³/mol. The third-order valence-electron chi connectivity index (χ3n) is 3.72. The van der Waals surface area contributed by atoms with Crippen molar-refractivity contribution in [3.05, 3.63) is 72.8 Å². The first-order valence-corrected chi connectivity index (χ1v) is 7.82. The summed E-state index contributed by atoms with van der Waals surface area (Å²) in [7, 11) is 1.91. The Morgan fingerprint density at radius 1 is 0.708 bits per heavy atom. The van der Waals surface area contributed by atoms with Crippen LogP contribution in [0.1, 0.15) is 0 Å². The molecule has 2 aromatic rings. The van der Waals surface area contributed by atoms with Crippen molar-refractivity contribution in [2.45, 2.75) is 0 Å². The van der Waals surface area contributed by atoms with E-state index < -0.39 is 0 Å². The summed E-state index contributed by atoms with van der Waals surface area (Å²) in [6.07, 6.45) is 8.19. The summed E-state index contributed by atoms with van der Waals surface area (Å²) in [6, 6.07) is 16.2. The van der Waals surface area contributed by atoms with Gasteiger partial charge in [-0.1, -0.05) is 0 Å². The summed E-state index contributed by atoms with van der Waals surface area (Å²) in [5.74, 6) is 0. The van der Waals surface area contributed by atoms with Crippen LogP contribution in [0.25, 0.3) is 0 Å². The number of benzene rings is 2. The van der Waals surface area contributed by atoms with Crippen LogP contribution in [0.4, 0.5) is 22.7 Å². The van der Waals surface area contributed by atoms with Crippen molar-refractivity contribution in [1.29, 1.82) is 0 Å². The fourth-order valence-electron chi connectivity index (χ4n) is 2.36. The fraction of sp³-hybridized carbons (Fsp3) is 0.0500. The monoisotopic (exact) mass is 317 g/mol. The second kappa shape index (κ2) is 7.33. The van der Waals surface area contributed by atoms with Crippen molar-refractivity contribution in [3.63, 3.8) is 0 Å². The van der Waals surface area contributed by atoms with Gasteiger partial charge in [-0.3, -0.25) is 0 Å². The average molecular weight is 317 g/mol. The average Bonchev–Trinajstić information content (AvgIpc) is 2.65. The maximum atomic E-state index is 3.64. The zero-order valence-corrected chi connectivity index (χ0v) is 13.6. The highest BCUT2D eigenvalue weighted by Crippen LogP contribution is 2.18. The zero-order chi connectivity index (χ0) is 16.8. The van der Waals surface area contributed by atoms with Crippen LogP contribution in [0.2, 0.25) is 0 Å². The number of anilines is 2. The molecule has 4 N–H and O–H groups in total. The van der Waals surface area contributed by atoms with Gasteiger partial charge in [-0.2, -0.15) is 0 Å². The van der Waals surface area contributed by atoms with Gasteiger partial charge in [0.15, 0.2) is 5.71 Å². The van der Waals surface area contributed by atoms with E-state index in [4.69, 9.17) is 0 Å². The van der Waals surface area contributed by atoms with Gasteiger partial charge >= 0.3 is 0 Å². The quantitative estimate of drug-likeness (QED) is 0.436. The van der Waals surface area contributed by atoms with Gasteiger partial charge in [-0.15, -0.1) is 0 Å². The number of hydrogen-bond donors (Lipinski definition) is 4. The van der Waals surface area contributed by atoms with E-state index >= 15 is 0 Å². The summed E-state index contributed by atoms with van der Waals surface area (Å²) < 4.78 is 0. The minimum absolute atomic E-state index is 0.990. The number of allylic oxidation sites excluding steroid dienone is 4. The van der Waals surface area contributed by atoms with Crippen molar-refractivity contribution in [3.8, 4) is 0 Å². The lowest BCUT2D eigenvalue weighted by atomic mass is 10.1. The molecular weight excluding hydrogens is 296 g/mol. The molecule has 24 heavy (non-hydrogen) atoms. The van der Waals surface area contributed by atoms with Crippen LogP contribution >= 0.6 is 0 Å². The minimum atomic E-state index is 0.990. The second-order valence-corrected chi connectivity index (χ2v) is 5.41. The van der Waals surface area contributed by atoms with Gasteiger partial charge in [-0.25, -0.2) is 15.0 Å². The van der Waals surface area contributed by atoms with E-state index in [-0.39, 0.29) is 0 Å².